The first-order valence-corrected chi connectivity index (χ1v) is 8.41. The number of rotatable bonds is 5. The summed E-state index contributed by atoms with van der Waals surface area (Å²) in [6.45, 7) is 2.06. The topological polar surface area (TPSA) is 55.4 Å². The number of hydrogen-bond acceptors (Lipinski definition) is 3. The summed E-state index contributed by atoms with van der Waals surface area (Å²) in [5.41, 5.74) is 3.65. The van der Waals surface area contributed by atoms with E-state index >= 15 is 0 Å². The third-order valence-electron chi connectivity index (χ3n) is 3.89. The normalized spacial score (nSPS) is 10.2. The molecule has 0 atom stereocenters. The quantitative estimate of drug-likeness (QED) is 0.677. The van der Waals surface area contributed by atoms with Crippen molar-refractivity contribution in [3.05, 3.63) is 90.0 Å². The molecule has 0 aliphatic heterocycles. The highest BCUT2D eigenvalue weighted by atomic mass is 16.5. The fourth-order valence-corrected chi connectivity index (χ4v) is 2.59. The first-order valence-electron chi connectivity index (χ1n) is 8.41. The molecule has 0 spiro atoms. The molecule has 0 aliphatic rings. The Morgan fingerprint density at radius 2 is 1.50 bits per heavy atom. The highest BCUT2D eigenvalue weighted by molar-refractivity contribution is 6.05. The lowest BCUT2D eigenvalue weighted by Gasteiger charge is -2.08. The highest BCUT2D eigenvalue weighted by Gasteiger charge is 2.10. The maximum Gasteiger partial charge on any atom is 0.338 e. The Labute approximate surface area is 152 Å². The second kappa shape index (κ2) is 8.12. The van der Waals surface area contributed by atoms with Crippen LogP contribution in [0.2, 0.25) is 0 Å². The monoisotopic (exact) mass is 345 g/mol. The van der Waals surface area contributed by atoms with Crippen LogP contribution in [-0.4, -0.2) is 18.5 Å². The third kappa shape index (κ3) is 4.16. The van der Waals surface area contributed by atoms with Crippen LogP contribution in [-0.2, 0) is 4.74 Å². The zero-order valence-corrected chi connectivity index (χ0v) is 14.4. The number of nitrogens with one attached hydrogen (secondary N) is 1. The molecule has 4 heteroatoms. The molecule has 0 fully saturated rings. The van der Waals surface area contributed by atoms with Crippen LogP contribution in [0.4, 0.5) is 5.69 Å². The van der Waals surface area contributed by atoms with Crippen molar-refractivity contribution in [2.24, 2.45) is 0 Å². The standard InChI is InChI=1S/C22H19NO3/c1-2-26-22(25)19-9-6-10-20(15-19)23-21(24)18-13-11-17(12-14-18)16-7-4-3-5-8-16/h3-15H,2H2,1H3,(H,23,24). The van der Waals surface area contributed by atoms with Gasteiger partial charge in [-0.15, -0.1) is 0 Å². The second-order valence-electron chi connectivity index (χ2n) is 5.70. The molecule has 3 aromatic carbocycles. The Morgan fingerprint density at radius 1 is 0.808 bits per heavy atom. The number of esters is 1. The molecule has 0 heterocycles. The number of carbonyl (C=O) groups excluding carboxylic acids is 2. The van der Waals surface area contributed by atoms with E-state index in [2.05, 4.69) is 5.32 Å². The summed E-state index contributed by atoms with van der Waals surface area (Å²) in [5, 5.41) is 2.81. The summed E-state index contributed by atoms with van der Waals surface area (Å²) >= 11 is 0. The predicted molar refractivity (Wildman–Crippen MR) is 102 cm³/mol. The molecule has 3 rings (SSSR count). The molecule has 26 heavy (non-hydrogen) atoms. The van der Waals surface area contributed by atoms with Crippen molar-refractivity contribution in [2.45, 2.75) is 6.92 Å². The number of anilines is 1. The van der Waals surface area contributed by atoms with Gasteiger partial charge in [0.2, 0.25) is 0 Å². The van der Waals surface area contributed by atoms with Gasteiger partial charge in [0.25, 0.3) is 5.91 Å². The molecule has 4 nitrogen and oxygen atoms in total. The molecule has 0 aliphatic carbocycles. The number of amides is 1. The van der Waals surface area contributed by atoms with E-state index in [-0.39, 0.29) is 5.91 Å². The van der Waals surface area contributed by atoms with Crippen LogP contribution >= 0.6 is 0 Å². The van der Waals surface area contributed by atoms with Gasteiger partial charge in [0.1, 0.15) is 0 Å². The van der Waals surface area contributed by atoms with Gasteiger partial charge in [-0.05, 0) is 48.4 Å². The average Bonchev–Trinajstić information content (AvgIpc) is 2.69. The molecule has 0 aromatic heterocycles. The van der Waals surface area contributed by atoms with Gasteiger partial charge in [-0.3, -0.25) is 4.79 Å². The Hall–Kier alpha value is -3.40. The number of ether oxygens (including phenoxy) is 1. The van der Waals surface area contributed by atoms with Gasteiger partial charge in [-0.2, -0.15) is 0 Å². The summed E-state index contributed by atoms with van der Waals surface area (Å²) in [7, 11) is 0. The zero-order valence-electron chi connectivity index (χ0n) is 14.4. The third-order valence-corrected chi connectivity index (χ3v) is 3.89. The smallest absolute Gasteiger partial charge is 0.338 e. The maximum absolute atomic E-state index is 12.4. The van der Waals surface area contributed by atoms with Gasteiger partial charge in [-0.1, -0.05) is 48.5 Å². The molecule has 0 saturated carbocycles. The van der Waals surface area contributed by atoms with Crippen molar-refractivity contribution in [2.75, 3.05) is 11.9 Å². The van der Waals surface area contributed by atoms with Crippen LogP contribution in [0.1, 0.15) is 27.6 Å². The van der Waals surface area contributed by atoms with E-state index < -0.39 is 5.97 Å². The molecular formula is C22H19NO3. The first-order chi connectivity index (χ1) is 12.7. The van der Waals surface area contributed by atoms with Gasteiger partial charge >= 0.3 is 5.97 Å². The van der Waals surface area contributed by atoms with Gasteiger partial charge in [0.15, 0.2) is 0 Å². The lowest BCUT2D eigenvalue weighted by atomic mass is 10.0. The molecular weight excluding hydrogens is 326 g/mol. The van der Waals surface area contributed by atoms with Crippen LogP contribution < -0.4 is 5.32 Å². The number of benzene rings is 3. The van der Waals surface area contributed by atoms with Crippen LogP contribution in [0, 0.1) is 0 Å². The van der Waals surface area contributed by atoms with Crippen LogP contribution in [0.3, 0.4) is 0 Å². The molecule has 130 valence electrons. The van der Waals surface area contributed by atoms with Crippen LogP contribution in [0.15, 0.2) is 78.9 Å². The van der Waals surface area contributed by atoms with Crippen LogP contribution in [0.25, 0.3) is 11.1 Å². The Kier molecular flexibility index (Phi) is 5.44. The Morgan fingerprint density at radius 3 is 2.19 bits per heavy atom. The molecule has 1 N–H and O–H groups in total. The fourth-order valence-electron chi connectivity index (χ4n) is 2.59. The maximum atomic E-state index is 12.4. The molecule has 0 radical (unpaired) electrons. The van der Waals surface area contributed by atoms with E-state index in [1.54, 1.807) is 43.3 Å². The number of hydrogen-bond donors (Lipinski definition) is 1. The van der Waals surface area contributed by atoms with Crippen molar-refractivity contribution in [1.82, 2.24) is 0 Å². The van der Waals surface area contributed by atoms with E-state index in [9.17, 15) is 9.59 Å². The van der Waals surface area contributed by atoms with E-state index in [0.29, 0.717) is 23.4 Å². The molecule has 0 bridgehead atoms. The predicted octanol–water partition coefficient (Wildman–Crippen LogP) is 4.78. The van der Waals surface area contributed by atoms with E-state index in [1.165, 1.54) is 0 Å². The summed E-state index contributed by atoms with van der Waals surface area (Å²) in [4.78, 5) is 24.2. The first kappa shape index (κ1) is 17.4. The molecule has 3 aromatic rings. The molecule has 0 unspecified atom stereocenters. The minimum absolute atomic E-state index is 0.231. The average molecular weight is 345 g/mol. The van der Waals surface area contributed by atoms with Gasteiger partial charge in [0, 0.05) is 11.3 Å². The largest absolute Gasteiger partial charge is 0.462 e. The highest BCUT2D eigenvalue weighted by Crippen LogP contribution is 2.20. The SMILES string of the molecule is CCOC(=O)c1cccc(NC(=O)c2ccc(-c3ccccc3)cc2)c1. The second-order valence-corrected chi connectivity index (χ2v) is 5.70. The van der Waals surface area contributed by atoms with Crippen LogP contribution in [0.5, 0.6) is 0 Å². The van der Waals surface area contributed by atoms with Crippen molar-refractivity contribution < 1.29 is 14.3 Å². The van der Waals surface area contributed by atoms with E-state index in [4.69, 9.17) is 4.74 Å². The summed E-state index contributed by atoms with van der Waals surface area (Å²) < 4.78 is 4.98. The van der Waals surface area contributed by atoms with E-state index in [1.807, 2.05) is 42.5 Å². The summed E-state index contributed by atoms with van der Waals surface area (Å²) in [6.07, 6.45) is 0. The van der Waals surface area contributed by atoms with Gasteiger partial charge in [-0.25, -0.2) is 4.79 Å². The van der Waals surface area contributed by atoms with Crippen molar-refractivity contribution >= 4 is 17.6 Å². The van der Waals surface area contributed by atoms with Crippen molar-refractivity contribution in [1.29, 1.82) is 0 Å². The van der Waals surface area contributed by atoms with Gasteiger partial charge in [0.05, 0.1) is 12.2 Å². The van der Waals surface area contributed by atoms with Gasteiger partial charge < -0.3 is 10.1 Å². The zero-order chi connectivity index (χ0) is 18.4. The lowest BCUT2D eigenvalue weighted by Crippen LogP contribution is -2.12. The lowest BCUT2D eigenvalue weighted by molar-refractivity contribution is 0.0526. The Bertz CT molecular complexity index is 902. The summed E-state index contributed by atoms with van der Waals surface area (Å²) in [6, 6.07) is 24.1. The minimum atomic E-state index is -0.407. The Balaban J connectivity index is 1.72. The fraction of sp³-hybridized carbons (Fsp3) is 0.0909. The van der Waals surface area contributed by atoms with E-state index in [0.717, 1.165) is 11.1 Å². The number of carbonyl (C=O) groups is 2. The summed E-state index contributed by atoms with van der Waals surface area (Å²) in [5.74, 6) is -0.638. The molecule has 1 amide bonds. The van der Waals surface area contributed by atoms with Crippen molar-refractivity contribution in [3.8, 4) is 11.1 Å². The van der Waals surface area contributed by atoms with Crippen molar-refractivity contribution in [3.63, 3.8) is 0 Å². The molecule has 0 saturated heterocycles. The minimum Gasteiger partial charge on any atom is -0.462 e.